The molecular weight excluding hydrogens is 240 g/mol. The molecule has 0 bridgehead atoms. The quantitative estimate of drug-likeness (QED) is 0.859. The van der Waals surface area contributed by atoms with Gasteiger partial charge in [-0.3, -0.25) is 9.48 Å². The lowest BCUT2D eigenvalue weighted by atomic mass is 10.0. The largest absolute Gasteiger partial charge is 0.322 e. The first-order valence-corrected chi connectivity index (χ1v) is 6.86. The number of nitrogens with one attached hydrogen (secondary N) is 1. The van der Waals surface area contributed by atoms with Gasteiger partial charge in [0.15, 0.2) is 0 Å². The Morgan fingerprint density at radius 1 is 1.32 bits per heavy atom. The summed E-state index contributed by atoms with van der Waals surface area (Å²) in [5.41, 5.74) is 8.48. The van der Waals surface area contributed by atoms with Crippen LogP contribution in [0.25, 0.3) is 0 Å². The molecule has 1 heterocycles. The van der Waals surface area contributed by atoms with Crippen LogP contribution >= 0.6 is 0 Å². The molecule has 5 heteroatoms. The van der Waals surface area contributed by atoms with Crippen LogP contribution in [-0.2, 0) is 4.79 Å². The Hall–Kier alpha value is -1.36. The fourth-order valence-electron chi connectivity index (χ4n) is 2.18. The van der Waals surface area contributed by atoms with Crippen LogP contribution in [0.3, 0.4) is 0 Å². The number of hydrogen-bond acceptors (Lipinski definition) is 3. The zero-order valence-corrected chi connectivity index (χ0v) is 12.8. The Morgan fingerprint density at radius 2 is 1.89 bits per heavy atom. The number of carbonyl (C=O) groups is 1. The first-order chi connectivity index (χ1) is 8.73. The molecule has 108 valence electrons. The van der Waals surface area contributed by atoms with E-state index < -0.39 is 6.04 Å². The zero-order valence-electron chi connectivity index (χ0n) is 12.8. The standard InChI is InChI=1S/C14H26N4O/c1-8(2)7-12(15)14(19)16-13-10(5)17-18(9(3)4)11(13)6/h8-9,12H,7,15H2,1-6H3,(H,16,19)/t12-/m1/s1. The highest BCUT2D eigenvalue weighted by Gasteiger charge is 2.19. The predicted molar refractivity (Wildman–Crippen MR) is 78.1 cm³/mol. The molecular formula is C14H26N4O. The smallest absolute Gasteiger partial charge is 0.241 e. The number of nitrogens with zero attached hydrogens (tertiary/aromatic N) is 2. The van der Waals surface area contributed by atoms with Crippen molar-refractivity contribution in [2.24, 2.45) is 11.7 Å². The summed E-state index contributed by atoms with van der Waals surface area (Å²) in [6, 6.07) is -0.199. The second-order valence-corrected chi connectivity index (χ2v) is 5.81. The molecule has 1 aromatic heterocycles. The fraction of sp³-hybridized carbons (Fsp3) is 0.714. The molecule has 1 atom stereocenters. The van der Waals surface area contributed by atoms with E-state index in [1.54, 1.807) is 0 Å². The Labute approximate surface area is 115 Å². The number of amides is 1. The van der Waals surface area contributed by atoms with Crippen molar-refractivity contribution in [3.8, 4) is 0 Å². The third-order valence-corrected chi connectivity index (χ3v) is 3.12. The van der Waals surface area contributed by atoms with Gasteiger partial charge in [-0.1, -0.05) is 13.8 Å². The van der Waals surface area contributed by atoms with Crippen molar-refractivity contribution < 1.29 is 4.79 Å². The highest BCUT2D eigenvalue weighted by molar-refractivity contribution is 5.95. The third-order valence-electron chi connectivity index (χ3n) is 3.12. The number of hydrogen-bond donors (Lipinski definition) is 2. The van der Waals surface area contributed by atoms with Gasteiger partial charge in [0.05, 0.1) is 23.1 Å². The van der Waals surface area contributed by atoms with E-state index in [4.69, 9.17) is 5.73 Å². The van der Waals surface area contributed by atoms with Gasteiger partial charge in [-0.25, -0.2) is 0 Å². The first kappa shape index (κ1) is 15.7. The molecule has 0 saturated heterocycles. The molecule has 0 fully saturated rings. The van der Waals surface area contributed by atoms with Gasteiger partial charge < -0.3 is 11.1 Å². The SMILES string of the molecule is Cc1nn(C(C)C)c(C)c1NC(=O)[C@H](N)CC(C)C. The maximum atomic E-state index is 12.1. The normalized spacial score (nSPS) is 13.1. The minimum Gasteiger partial charge on any atom is -0.322 e. The summed E-state index contributed by atoms with van der Waals surface area (Å²) in [5, 5.41) is 7.36. The molecule has 0 aliphatic carbocycles. The minimum atomic E-state index is -0.471. The summed E-state index contributed by atoms with van der Waals surface area (Å²) < 4.78 is 1.92. The predicted octanol–water partition coefficient (Wildman–Crippen LogP) is 2.39. The second kappa shape index (κ2) is 6.19. The van der Waals surface area contributed by atoms with Crippen molar-refractivity contribution in [2.45, 2.75) is 60.0 Å². The Morgan fingerprint density at radius 3 is 2.32 bits per heavy atom. The van der Waals surface area contributed by atoms with Crippen molar-refractivity contribution in [3.63, 3.8) is 0 Å². The molecule has 1 amide bonds. The zero-order chi connectivity index (χ0) is 14.7. The van der Waals surface area contributed by atoms with Gasteiger partial charge in [-0.15, -0.1) is 0 Å². The van der Waals surface area contributed by atoms with Crippen LogP contribution in [0.15, 0.2) is 0 Å². The van der Waals surface area contributed by atoms with Crippen LogP contribution in [0.1, 0.15) is 51.5 Å². The van der Waals surface area contributed by atoms with Crippen LogP contribution in [0.2, 0.25) is 0 Å². The first-order valence-electron chi connectivity index (χ1n) is 6.86. The van der Waals surface area contributed by atoms with E-state index in [0.717, 1.165) is 17.1 Å². The van der Waals surface area contributed by atoms with Gasteiger partial charge in [-0.2, -0.15) is 5.10 Å². The molecule has 3 N–H and O–H groups in total. The third kappa shape index (κ3) is 3.80. The topological polar surface area (TPSA) is 72.9 Å². The van der Waals surface area contributed by atoms with E-state index in [2.05, 4.69) is 38.1 Å². The maximum absolute atomic E-state index is 12.1. The maximum Gasteiger partial charge on any atom is 0.241 e. The Kier molecular flexibility index (Phi) is 5.11. The summed E-state index contributed by atoms with van der Waals surface area (Å²) >= 11 is 0. The molecule has 0 aliphatic heterocycles. The minimum absolute atomic E-state index is 0.136. The molecule has 0 saturated carbocycles. The lowest BCUT2D eigenvalue weighted by molar-refractivity contribution is -0.117. The number of aryl methyl sites for hydroxylation is 1. The van der Waals surface area contributed by atoms with Crippen molar-refractivity contribution in [1.29, 1.82) is 0 Å². The summed E-state index contributed by atoms with van der Waals surface area (Å²) in [4.78, 5) is 12.1. The molecule has 0 aliphatic rings. The van der Waals surface area contributed by atoms with Crippen LogP contribution in [0, 0.1) is 19.8 Å². The second-order valence-electron chi connectivity index (χ2n) is 5.81. The fourth-order valence-corrected chi connectivity index (χ4v) is 2.18. The lowest BCUT2D eigenvalue weighted by Gasteiger charge is -2.14. The van der Waals surface area contributed by atoms with Gasteiger partial charge in [-0.05, 0) is 40.0 Å². The average Bonchev–Trinajstić information content (AvgIpc) is 2.56. The van der Waals surface area contributed by atoms with Crippen molar-refractivity contribution in [3.05, 3.63) is 11.4 Å². The van der Waals surface area contributed by atoms with Crippen LogP contribution in [0.5, 0.6) is 0 Å². The summed E-state index contributed by atoms with van der Waals surface area (Å²) in [7, 11) is 0. The number of aromatic nitrogens is 2. The van der Waals surface area contributed by atoms with Crippen molar-refractivity contribution in [1.82, 2.24) is 9.78 Å². The highest BCUT2D eigenvalue weighted by atomic mass is 16.2. The molecule has 0 spiro atoms. The number of carbonyl (C=O) groups excluding carboxylic acids is 1. The van der Waals surface area contributed by atoms with E-state index in [-0.39, 0.29) is 11.9 Å². The number of rotatable bonds is 5. The van der Waals surface area contributed by atoms with E-state index in [1.807, 2.05) is 18.5 Å². The molecule has 0 radical (unpaired) electrons. The van der Waals surface area contributed by atoms with Gasteiger partial charge >= 0.3 is 0 Å². The van der Waals surface area contributed by atoms with Gasteiger partial charge in [0.1, 0.15) is 0 Å². The average molecular weight is 266 g/mol. The summed E-state index contributed by atoms with van der Waals surface area (Å²) in [6.45, 7) is 12.1. The molecule has 0 aromatic carbocycles. The van der Waals surface area contributed by atoms with E-state index >= 15 is 0 Å². The van der Waals surface area contributed by atoms with E-state index in [0.29, 0.717) is 12.3 Å². The van der Waals surface area contributed by atoms with E-state index in [1.165, 1.54) is 0 Å². The van der Waals surface area contributed by atoms with Crippen molar-refractivity contribution in [2.75, 3.05) is 5.32 Å². The molecule has 5 nitrogen and oxygen atoms in total. The van der Waals surface area contributed by atoms with Crippen LogP contribution < -0.4 is 11.1 Å². The van der Waals surface area contributed by atoms with Crippen LogP contribution in [-0.4, -0.2) is 21.7 Å². The molecule has 0 unspecified atom stereocenters. The highest BCUT2D eigenvalue weighted by Crippen LogP contribution is 2.22. The number of anilines is 1. The molecule has 1 rings (SSSR count). The van der Waals surface area contributed by atoms with Gasteiger partial charge in [0.2, 0.25) is 5.91 Å². The Bertz CT molecular complexity index is 449. The summed E-state index contributed by atoms with van der Waals surface area (Å²) in [6.07, 6.45) is 0.683. The number of nitrogens with two attached hydrogens (primary N) is 1. The lowest BCUT2D eigenvalue weighted by Crippen LogP contribution is -2.36. The van der Waals surface area contributed by atoms with Gasteiger partial charge in [0.25, 0.3) is 0 Å². The molecule has 1 aromatic rings. The van der Waals surface area contributed by atoms with Crippen molar-refractivity contribution >= 4 is 11.6 Å². The van der Waals surface area contributed by atoms with Crippen LogP contribution in [0.4, 0.5) is 5.69 Å². The monoisotopic (exact) mass is 266 g/mol. The van der Waals surface area contributed by atoms with Gasteiger partial charge in [0, 0.05) is 6.04 Å². The Balaban J connectivity index is 2.85. The molecule has 19 heavy (non-hydrogen) atoms. The summed E-state index contributed by atoms with van der Waals surface area (Å²) in [5.74, 6) is 0.268. The van der Waals surface area contributed by atoms with E-state index in [9.17, 15) is 4.79 Å².